The summed E-state index contributed by atoms with van der Waals surface area (Å²) in [6, 6.07) is 5.72. The number of hydrogen-bond acceptors (Lipinski definition) is 4. The van der Waals surface area contributed by atoms with Crippen molar-refractivity contribution in [3.8, 4) is 0 Å². The summed E-state index contributed by atoms with van der Waals surface area (Å²) in [7, 11) is 4.15. The van der Waals surface area contributed by atoms with Gasteiger partial charge in [0.15, 0.2) is 0 Å². The number of imidazole rings is 1. The zero-order valence-electron chi connectivity index (χ0n) is 15.5. The van der Waals surface area contributed by atoms with Gasteiger partial charge in [0.2, 0.25) is 0 Å². The van der Waals surface area contributed by atoms with E-state index in [1.54, 1.807) is 6.07 Å². The summed E-state index contributed by atoms with van der Waals surface area (Å²) in [6.45, 7) is 7.33. The first-order valence-corrected chi connectivity index (χ1v) is 9.17. The summed E-state index contributed by atoms with van der Waals surface area (Å²) in [6.07, 6.45) is 2.30. The number of primary amides is 1. The molecule has 0 saturated carbocycles. The Morgan fingerprint density at radius 3 is 2.84 bits per heavy atom. The summed E-state index contributed by atoms with van der Waals surface area (Å²) in [5.41, 5.74) is 7.85. The highest BCUT2D eigenvalue weighted by Crippen LogP contribution is 2.30. The van der Waals surface area contributed by atoms with Gasteiger partial charge in [-0.3, -0.25) is 4.79 Å². The van der Waals surface area contributed by atoms with Gasteiger partial charge in [0.05, 0.1) is 11.1 Å². The van der Waals surface area contributed by atoms with E-state index >= 15 is 0 Å². The maximum absolute atomic E-state index is 11.8. The highest BCUT2D eigenvalue weighted by atomic mass is 16.1. The Morgan fingerprint density at radius 2 is 2.16 bits per heavy atom. The Hall–Kier alpha value is -1.92. The van der Waals surface area contributed by atoms with Gasteiger partial charge < -0.3 is 20.1 Å². The van der Waals surface area contributed by atoms with Gasteiger partial charge in [-0.15, -0.1) is 0 Å². The zero-order valence-corrected chi connectivity index (χ0v) is 15.5. The lowest BCUT2D eigenvalue weighted by Gasteiger charge is -2.17. The van der Waals surface area contributed by atoms with Crippen LogP contribution in [0.15, 0.2) is 18.2 Å². The lowest BCUT2D eigenvalue weighted by molar-refractivity contribution is 0.100. The Bertz CT molecular complexity index is 752. The number of likely N-dealkylation sites (N-methyl/N-ethyl adjacent to an activating group) is 1. The molecular weight excluding hydrogens is 314 g/mol. The van der Waals surface area contributed by atoms with Crippen molar-refractivity contribution in [1.29, 1.82) is 0 Å². The third-order valence-electron chi connectivity index (χ3n) is 5.02. The van der Waals surface area contributed by atoms with Gasteiger partial charge in [-0.2, -0.15) is 0 Å². The molecule has 1 atom stereocenters. The van der Waals surface area contributed by atoms with Crippen LogP contribution >= 0.6 is 0 Å². The van der Waals surface area contributed by atoms with Crippen LogP contribution < -0.4 is 5.73 Å². The van der Waals surface area contributed by atoms with Crippen molar-refractivity contribution in [3.63, 3.8) is 0 Å². The molecule has 0 radical (unpaired) electrons. The second kappa shape index (κ2) is 7.54. The van der Waals surface area contributed by atoms with E-state index < -0.39 is 5.91 Å². The van der Waals surface area contributed by atoms with Crippen LogP contribution in [0.25, 0.3) is 11.0 Å². The van der Waals surface area contributed by atoms with Crippen LogP contribution in [0.2, 0.25) is 0 Å². The Kier molecular flexibility index (Phi) is 5.39. The maximum Gasteiger partial charge on any atom is 0.250 e. The van der Waals surface area contributed by atoms with Crippen LogP contribution in [0.5, 0.6) is 0 Å². The SMILES string of the molecule is CCCN1CCC(c2nc3c(C(N)=O)cccc3n2CCN(C)C)C1. The van der Waals surface area contributed by atoms with Crippen molar-refractivity contribution in [2.45, 2.75) is 32.2 Å². The molecule has 2 N–H and O–H groups in total. The molecular formula is C19H29N5O. The fraction of sp³-hybridized carbons (Fsp3) is 0.579. The van der Waals surface area contributed by atoms with Crippen molar-refractivity contribution < 1.29 is 4.79 Å². The van der Waals surface area contributed by atoms with Crippen molar-refractivity contribution in [2.24, 2.45) is 5.73 Å². The number of amides is 1. The molecule has 136 valence electrons. The normalized spacial score (nSPS) is 18.5. The third-order valence-corrected chi connectivity index (χ3v) is 5.02. The number of aromatic nitrogens is 2. The molecule has 6 nitrogen and oxygen atoms in total. The van der Waals surface area contributed by atoms with Crippen LogP contribution in [-0.2, 0) is 6.54 Å². The standard InChI is InChI=1S/C19H29N5O/c1-4-9-23-10-8-14(13-23)19-21-17-15(18(20)25)6-5-7-16(17)24(19)12-11-22(2)3/h5-7,14H,4,8-13H2,1-3H3,(H2,20,25). The molecule has 1 saturated heterocycles. The third kappa shape index (κ3) is 3.70. The van der Waals surface area contributed by atoms with Crippen LogP contribution in [0.3, 0.4) is 0 Å². The molecule has 1 aromatic carbocycles. The minimum atomic E-state index is -0.409. The largest absolute Gasteiger partial charge is 0.366 e. The summed E-state index contributed by atoms with van der Waals surface area (Å²) in [5, 5.41) is 0. The molecule has 0 spiro atoms. The molecule has 1 aliphatic rings. The smallest absolute Gasteiger partial charge is 0.250 e. The molecule has 1 amide bonds. The van der Waals surface area contributed by atoms with E-state index in [1.165, 1.54) is 6.42 Å². The van der Waals surface area contributed by atoms with Gasteiger partial charge in [-0.05, 0) is 52.2 Å². The minimum Gasteiger partial charge on any atom is -0.366 e. The first-order chi connectivity index (χ1) is 12.0. The van der Waals surface area contributed by atoms with Crippen LogP contribution in [0.1, 0.15) is 41.9 Å². The van der Waals surface area contributed by atoms with E-state index in [-0.39, 0.29) is 0 Å². The van der Waals surface area contributed by atoms with Gasteiger partial charge in [-0.1, -0.05) is 13.0 Å². The van der Waals surface area contributed by atoms with E-state index in [0.29, 0.717) is 11.5 Å². The molecule has 1 aliphatic heterocycles. The number of rotatable bonds is 7. The van der Waals surface area contributed by atoms with E-state index in [1.807, 2.05) is 12.1 Å². The molecule has 6 heteroatoms. The van der Waals surface area contributed by atoms with Crippen LogP contribution in [0, 0.1) is 0 Å². The lowest BCUT2D eigenvalue weighted by Crippen LogP contribution is -2.23. The summed E-state index contributed by atoms with van der Waals surface area (Å²) < 4.78 is 2.29. The zero-order chi connectivity index (χ0) is 18.0. The number of para-hydroxylation sites is 1. The van der Waals surface area contributed by atoms with Gasteiger partial charge >= 0.3 is 0 Å². The van der Waals surface area contributed by atoms with Gasteiger partial charge in [0.1, 0.15) is 11.3 Å². The molecule has 1 unspecified atom stereocenters. The number of likely N-dealkylation sites (tertiary alicyclic amines) is 1. The number of hydrogen-bond donors (Lipinski definition) is 1. The topological polar surface area (TPSA) is 67.4 Å². The highest BCUT2D eigenvalue weighted by molar-refractivity contribution is 6.04. The van der Waals surface area contributed by atoms with Gasteiger partial charge in [0, 0.05) is 25.6 Å². The van der Waals surface area contributed by atoms with E-state index in [9.17, 15) is 4.79 Å². The molecule has 2 aromatic rings. The quantitative estimate of drug-likeness (QED) is 0.834. The number of fused-ring (bicyclic) bond motifs is 1. The number of carbonyl (C=O) groups is 1. The van der Waals surface area contributed by atoms with E-state index in [4.69, 9.17) is 10.7 Å². The minimum absolute atomic E-state index is 0.409. The monoisotopic (exact) mass is 343 g/mol. The highest BCUT2D eigenvalue weighted by Gasteiger charge is 2.28. The Morgan fingerprint density at radius 1 is 1.36 bits per heavy atom. The van der Waals surface area contributed by atoms with Crippen molar-refractivity contribution >= 4 is 16.9 Å². The summed E-state index contributed by atoms with van der Waals surface area (Å²) in [5.74, 6) is 1.11. The first kappa shape index (κ1) is 17.9. The summed E-state index contributed by atoms with van der Waals surface area (Å²) in [4.78, 5) is 21.4. The maximum atomic E-state index is 11.8. The molecule has 1 aromatic heterocycles. The number of carbonyl (C=O) groups excluding carboxylic acids is 1. The average Bonchev–Trinajstić information content (AvgIpc) is 3.16. The second-order valence-electron chi connectivity index (χ2n) is 7.25. The Labute approximate surface area is 149 Å². The second-order valence-corrected chi connectivity index (χ2v) is 7.25. The average molecular weight is 343 g/mol. The van der Waals surface area contributed by atoms with Crippen molar-refractivity contribution in [3.05, 3.63) is 29.6 Å². The fourth-order valence-electron chi connectivity index (χ4n) is 3.77. The molecule has 2 heterocycles. The number of benzene rings is 1. The summed E-state index contributed by atoms with van der Waals surface area (Å²) >= 11 is 0. The predicted octanol–water partition coefficient (Wildman–Crippen LogP) is 1.90. The molecule has 0 bridgehead atoms. The van der Waals surface area contributed by atoms with E-state index in [2.05, 4.69) is 35.4 Å². The predicted molar refractivity (Wildman–Crippen MR) is 101 cm³/mol. The van der Waals surface area contributed by atoms with Crippen LogP contribution in [0.4, 0.5) is 0 Å². The number of nitrogens with two attached hydrogens (primary N) is 1. The van der Waals surface area contributed by atoms with Crippen molar-refractivity contribution in [2.75, 3.05) is 40.3 Å². The lowest BCUT2D eigenvalue weighted by atomic mass is 10.1. The van der Waals surface area contributed by atoms with Crippen LogP contribution in [-0.4, -0.2) is 65.5 Å². The van der Waals surface area contributed by atoms with Gasteiger partial charge in [0.25, 0.3) is 5.91 Å². The Balaban J connectivity index is 2.02. The molecule has 25 heavy (non-hydrogen) atoms. The molecule has 1 fully saturated rings. The first-order valence-electron chi connectivity index (χ1n) is 9.17. The molecule has 0 aliphatic carbocycles. The van der Waals surface area contributed by atoms with Gasteiger partial charge in [-0.25, -0.2) is 4.98 Å². The number of nitrogens with zero attached hydrogens (tertiary/aromatic N) is 4. The van der Waals surface area contributed by atoms with E-state index in [0.717, 1.165) is 56.0 Å². The van der Waals surface area contributed by atoms with Crippen molar-refractivity contribution in [1.82, 2.24) is 19.4 Å². The molecule has 3 rings (SSSR count). The fourth-order valence-corrected chi connectivity index (χ4v) is 3.77.